The number of hydrogen-bond acceptors (Lipinski definition) is 5. The zero-order chi connectivity index (χ0) is 39.6. The van der Waals surface area contributed by atoms with Crippen LogP contribution in [-0.4, -0.2) is 23.3 Å². The number of rotatable bonds is 35. The highest BCUT2D eigenvalue weighted by atomic mass is 32.1. The highest BCUT2D eigenvalue weighted by Gasteiger charge is 2.42. The van der Waals surface area contributed by atoms with Crippen LogP contribution in [0.3, 0.4) is 0 Å². The Balaban J connectivity index is 1.34. The minimum absolute atomic E-state index is 0.0646. The van der Waals surface area contributed by atoms with Crippen molar-refractivity contribution in [3.05, 3.63) is 45.1 Å². The van der Waals surface area contributed by atoms with Gasteiger partial charge in [-0.1, -0.05) is 194 Å². The van der Waals surface area contributed by atoms with E-state index in [1.54, 1.807) is 38.9 Å². The molecule has 0 aliphatic carbocycles. The number of amides is 2. The molecule has 3 aromatic rings. The Kier molecular flexibility index (Phi) is 24.0. The van der Waals surface area contributed by atoms with Gasteiger partial charge in [-0.25, -0.2) is 0 Å². The maximum Gasteiger partial charge on any atom is 0.263 e. The third kappa shape index (κ3) is 16.1. The van der Waals surface area contributed by atoms with Gasteiger partial charge in [-0.2, -0.15) is 0 Å². The smallest absolute Gasteiger partial charge is 0.263 e. The lowest BCUT2D eigenvalue weighted by molar-refractivity contribution is 0.0652. The van der Waals surface area contributed by atoms with E-state index in [2.05, 4.69) is 43.7 Å². The van der Waals surface area contributed by atoms with Gasteiger partial charge in [-0.3, -0.25) is 14.5 Å². The van der Waals surface area contributed by atoms with Gasteiger partial charge in [0.25, 0.3) is 11.8 Å². The van der Waals surface area contributed by atoms with E-state index in [-0.39, 0.29) is 11.8 Å². The Bertz CT molecular complexity index is 1400. The third-order valence-corrected chi connectivity index (χ3v) is 15.5. The SMILES string of the molecule is CCCCCCCCCCCCc1csc(-c2sc(-c3cc(CCCCCCCCCCCC)cs3)c3c2C(=O)N(CCCCCCCCCCCC)C3=O)c1. The van der Waals surface area contributed by atoms with E-state index >= 15 is 0 Å². The van der Waals surface area contributed by atoms with Gasteiger partial charge in [0.05, 0.1) is 20.9 Å². The van der Waals surface area contributed by atoms with Crippen molar-refractivity contribution in [2.45, 2.75) is 226 Å². The summed E-state index contributed by atoms with van der Waals surface area (Å²) in [5, 5.41) is 4.60. The zero-order valence-electron chi connectivity index (χ0n) is 36.1. The molecule has 4 heterocycles. The fourth-order valence-electron chi connectivity index (χ4n) is 8.39. The monoisotopic (exact) mass is 822 g/mol. The van der Waals surface area contributed by atoms with E-state index in [0.717, 1.165) is 45.2 Å². The average molecular weight is 822 g/mol. The summed E-state index contributed by atoms with van der Waals surface area (Å²) in [4.78, 5) is 34.2. The van der Waals surface area contributed by atoms with Gasteiger partial charge < -0.3 is 0 Å². The van der Waals surface area contributed by atoms with E-state index in [4.69, 9.17) is 0 Å². The second kappa shape index (κ2) is 28.6. The van der Waals surface area contributed by atoms with Crippen LogP contribution in [0.25, 0.3) is 19.5 Å². The molecule has 1 aliphatic rings. The van der Waals surface area contributed by atoms with E-state index in [0.29, 0.717) is 17.7 Å². The highest BCUT2D eigenvalue weighted by molar-refractivity contribution is 7.26. The molecule has 0 aromatic carbocycles. The van der Waals surface area contributed by atoms with Crippen molar-refractivity contribution in [1.82, 2.24) is 4.90 Å². The molecule has 6 heteroatoms. The standard InChI is InChI=1S/C50H79NO2S3/c1-4-7-10-13-16-19-22-25-28-31-34-41-37-43(54-39-41)47-45-46(50(53)51(49(45)52)36-33-30-27-24-21-18-15-12-9-6-3)48(56-47)44-38-42(40-55-44)35-32-29-26-23-20-17-14-11-8-5-2/h37-40H,4-36H2,1-3H3. The third-order valence-electron chi connectivity index (χ3n) is 12.0. The first kappa shape index (κ1) is 46.9. The van der Waals surface area contributed by atoms with Crippen LogP contribution in [0, 0.1) is 0 Å². The number of nitrogens with zero attached hydrogens (tertiary/aromatic N) is 1. The molecule has 2 amide bonds. The van der Waals surface area contributed by atoms with E-state index in [1.165, 1.54) is 191 Å². The predicted molar refractivity (Wildman–Crippen MR) is 249 cm³/mol. The summed E-state index contributed by atoms with van der Waals surface area (Å²) in [5.74, 6) is -0.129. The molecule has 0 saturated heterocycles. The van der Waals surface area contributed by atoms with Crippen molar-refractivity contribution in [3.8, 4) is 19.5 Å². The maximum atomic E-state index is 14.2. The summed E-state index contributed by atoms with van der Waals surface area (Å²) in [7, 11) is 0. The molecule has 3 nitrogen and oxygen atoms in total. The van der Waals surface area contributed by atoms with Gasteiger partial charge in [-0.05, 0) is 66.1 Å². The van der Waals surface area contributed by atoms with Crippen LogP contribution in [0.1, 0.15) is 245 Å². The van der Waals surface area contributed by atoms with E-state index in [9.17, 15) is 9.59 Å². The lowest BCUT2D eigenvalue weighted by Gasteiger charge is -2.14. The van der Waals surface area contributed by atoms with Gasteiger partial charge in [0, 0.05) is 16.3 Å². The highest BCUT2D eigenvalue weighted by Crippen LogP contribution is 2.49. The zero-order valence-corrected chi connectivity index (χ0v) is 38.6. The molecule has 3 aromatic heterocycles. The van der Waals surface area contributed by atoms with Crippen LogP contribution < -0.4 is 0 Å². The number of unbranched alkanes of at least 4 members (excludes halogenated alkanes) is 27. The van der Waals surface area contributed by atoms with Crippen molar-refractivity contribution in [2.24, 2.45) is 0 Å². The van der Waals surface area contributed by atoms with Crippen molar-refractivity contribution in [1.29, 1.82) is 0 Å². The van der Waals surface area contributed by atoms with Crippen molar-refractivity contribution in [2.75, 3.05) is 6.54 Å². The van der Waals surface area contributed by atoms with Crippen molar-refractivity contribution >= 4 is 45.8 Å². The molecule has 0 atom stereocenters. The Labute approximate surface area is 355 Å². The van der Waals surface area contributed by atoms with Gasteiger partial charge in [0.15, 0.2) is 0 Å². The molecule has 56 heavy (non-hydrogen) atoms. The Hall–Kier alpha value is -1.76. The first-order chi connectivity index (χ1) is 27.6. The van der Waals surface area contributed by atoms with Crippen LogP contribution in [0.15, 0.2) is 22.9 Å². The largest absolute Gasteiger partial charge is 0.274 e. The number of aryl methyl sites for hydroxylation is 2. The fraction of sp³-hybridized carbons (Fsp3) is 0.720. The first-order valence-electron chi connectivity index (χ1n) is 23.8. The summed E-state index contributed by atoms with van der Waals surface area (Å²) in [6.45, 7) is 7.38. The minimum Gasteiger partial charge on any atom is -0.274 e. The minimum atomic E-state index is -0.0646. The normalized spacial score (nSPS) is 12.8. The lowest BCUT2D eigenvalue weighted by Crippen LogP contribution is -2.31. The van der Waals surface area contributed by atoms with Gasteiger partial charge in [0.2, 0.25) is 0 Å². The Morgan fingerprint density at radius 1 is 0.411 bits per heavy atom. The summed E-state index contributed by atoms with van der Waals surface area (Å²) in [6, 6.07) is 4.64. The molecule has 1 aliphatic heterocycles. The van der Waals surface area contributed by atoms with E-state index in [1.807, 2.05) is 0 Å². The predicted octanol–water partition coefficient (Wildman–Crippen LogP) is 17.6. The van der Waals surface area contributed by atoms with Crippen LogP contribution in [0.4, 0.5) is 0 Å². The molecule has 4 rings (SSSR count). The van der Waals surface area contributed by atoms with Gasteiger partial charge in [0.1, 0.15) is 0 Å². The van der Waals surface area contributed by atoms with Crippen LogP contribution in [-0.2, 0) is 12.8 Å². The number of imide groups is 1. The number of carbonyl (C=O) groups is 2. The topological polar surface area (TPSA) is 37.4 Å². The number of fused-ring (bicyclic) bond motifs is 1. The molecule has 0 saturated carbocycles. The summed E-state index contributed by atoms with van der Waals surface area (Å²) < 4.78 is 0. The number of carbonyl (C=O) groups excluding carboxylic acids is 2. The Morgan fingerprint density at radius 3 is 1.05 bits per heavy atom. The second-order valence-corrected chi connectivity index (χ2v) is 19.8. The molecule has 314 valence electrons. The fourth-order valence-corrected chi connectivity index (χ4v) is 11.8. The quantitative estimate of drug-likeness (QED) is 0.0438. The molecular formula is C50H79NO2S3. The van der Waals surface area contributed by atoms with Crippen LogP contribution in [0.2, 0.25) is 0 Å². The average Bonchev–Trinajstić information content (AvgIpc) is 4.00. The molecule has 0 fully saturated rings. The van der Waals surface area contributed by atoms with E-state index < -0.39 is 0 Å². The van der Waals surface area contributed by atoms with Gasteiger partial charge in [-0.15, -0.1) is 34.0 Å². The molecule has 0 radical (unpaired) electrons. The number of thiophene rings is 3. The van der Waals surface area contributed by atoms with Crippen LogP contribution >= 0.6 is 34.0 Å². The van der Waals surface area contributed by atoms with Crippen LogP contribution in [0.5, 0.6) is 0 Å². The van der Waals surface area contributed by atoms with Gasteiger partial charge >= 0.3 is 0 Å². The van der Waals surface area contributed by atoms with Crippen molar-refractivity contribution in [3.63, 3.8) is 0 Å². The first-order valence-corrected chi connectivity index (χ1v) is 26.3. The summed E-state index contributed by atoms with van der Waals surface area (Å²) in [6.07, 6.45) is 41.6. The summed E-state index contributed by atoms with van der Waals surface area (Å²) >= 11 is 5.21. The lowest BCUT2D eigenvalue weighted by atomic mass is 10.0. The molecule has 0 spiro atoms. The molecular weight excluding hydrogens is 743 g/mol. The second-order valence-electron chi connectivity index (χ2n) is 17.0. The Morgan fingerprint density at radius 2 is 0.714 bits per heavy atom. The maximum absolute atomic E-state index is 14.2. The molecule has 0 unspecified atom stereocenters. The van der Waals surface area contributed by atoms with Crippen molar-refractivity contribution < 1.29 is 9.59 Å². The molecule has 0 bridgehead atoms. The number of hydrogen-bond donors (Lipinski definition) is 0. The summed E-state index contributed by atoms with van der Waals surface area (Å²) in [5.41, 5.74) is 4.11. The molecule has 0 N–H and O–H groups in total.